The molecule has 5 nitrogen and oxygen atoms in total. The number of aromatic nitrogens is 3. The first kappa shape index (κ1) is 12.6. The third kappa shape index (κ3) is 2.70. The monoisotopic (exact) mass is 250 g/mol. The number of halogens is 1. The van der Waals surface area contributed by atoms with Crippen molar-refractivity contribution in [1.29, 1.82) is 0 Å². The molecule has 0 radical (unpaired) electrons. The average Bonchev–Trinajstić information content (AvgIpc) is 2.86. The lowest BCUT2D eigenvalue weighted by Crippen LogP contribution is -2.12. The van der Waals surface area contributed by atoms with E-state index in [1.807, 2.05) is 0 Å². The minimum absolute atomic E-state index is 0.0664. The largest absolute Gasteiger partial charge is 0.339 e. The van der Waals surface area contributed by atoms with Gasteiger partial charge in [-0.2, -0.15) is 4.98 Å². The van der Waals surface area contributed by atoms with E-state index in [9.17, 15) is 4.39 Å². The molecule has 0 spiro atoms. The normalized spacial score (nSPS) is 12.6. The lowest BCUT2D eigenvalue weighted by Gasteiger charge is -2.06. The standard InChI is InChI=1S/C12H15FN4O/c1-2-3-8(6-14)12-16-11(17-18-12)10-5-4-9(13)7-15-10/h4-5,7-8H,2-3,6,14H2,1H3. The minimum Gasteiger partial charge on any atom is -0.339 e. The second-order valence-corrected chi connectivity index (χ2v) is 4.04. The molecule has 0 bridgehead atoms. The Hall–Kier alpha value is -1.82. The Labute approximate surface area is 104 Å². The topological polar surface area (TPSA) is 77.8 Å². The SMILES string of the molecule is CCCC(CN)c1nc(-c2ccc(F)cn2)no1. The Balaban J connectivity index is 2.21. The van der Waals surface area contributed by atoms with Gasteiger partial charge in [-0.05, 0) is 18.6 Å². The van der Waals surface area contributed by atoms with Gasteiger partial charge in [0.25, 0.3) is 0 Å². The maximum absolute atomic E-state index is 12.7. The van der Waals surface area contributed by atoms with Gasteiger partial charge < -0.3 is 10.3 Å². The predicted octanol–water partition coefficient (Wildman–Crippen LogP) is 2.11. The Morgan fingerprint density at radius 3 is 2.89 bits per heavy atom. The quantitative estimate of drug-likeness (QED) is 0.879. The number of pyridine rings is 1. The van der Waals surface area contributed by atoms with Crippen LogP contribution < -0.4 is 5.73 Å². The first-order valence-corrected chi connectivity index (χ1v) is 5.90. The Morgan fingerprint density at radius 1 is 1.44 bits per heavy atom. The molecule has 6 heteroatoms. The molecule has 0 fully saturated rings. The van der Waals surface area contributed by atoms with Crippen LogP contribution in [0.1, 0.15) is 31.6 Å². The van der Waals surface area contributed by atoms with Crippen molar-refractivity contribution < 1.29 is 8.91 Å². The van der Waals surface area contributed by atoms with Crippen LogP contribution in [0.4, 0.5) is 4.39 Å². The number of hydrogen-bond donors (Lipinski definition) is 1. The molecule has 2 aromatic heterocycles. The highest BCUT2D eigenvalue weighted by Crippen LogP contribution is 2.21. The molecule has 0 saturated carbocycles. The lowest BCUT2D eigenvalue weighted by molar-refractivity contribution is 0.347. The Morgan fingerprint density at radius 2 is 2.28 bits per heavy atom. The molecule has 96 valence electrons. The fourth-order valence-electron chi connectivity index (χ4n) is 1.70. The van der Waals surface area contributed by atoms with Gasteiger partial charge in [0.1, 0.15) is 11.5 Å². The molecule has 0 saturated heterocycles. The van der Waals surface area contributed by atoms with Crippen LogP contribution in [0.3, 0.4) is 0 Å². The number of rotatable bonds is 5. The maximum Gasteiger partial charge on any atom is 0.231 e. The number of hydrogen-bond acceptors (Lipinski definition) is 5. The van der Waals surface area contributed by atoms with Crippen molar-refractivity contribution in [2.75, 3.05) is 6.54 Å². The summed E-state index contributed by atoms with van der Waals surface area (Å²) in [6.45, 7) is 2.54. The smallest absolute Gasteiger partial charge is 0.231 e. The molecule has 1 atom stereocenters. The zero-order valence-electron chi connectivity index (χ0n) is 10.1. The van der Waals surface area contributed by atoms with Gasteiger partial charge in [-0.15, -0.1) is 0 Å². The fraction of sp³-hybridized carbons (Fsp3) is 0.417. The van der Waals surface area contributed by atoms with Gasteiger partial charge in [-0.25, -0.2) is 9.37 Å². The number of nitrogens with two attached hydrogens (primary N) is 1. The molecule has 2 heterocycles. The van der Waals surface area contributed by atoms with Crippen LogP contribution in [0.25, 0.3) is 11.5 Å². The molecule has 2 aromatic rings. The van der Waals surface area contributed by atoms with Gasteiger partial charge in [0.2, 0.25) is 11.7 Å². The van der Waals surface area contributed by atoms with Gasteiger partial charge in [0.15, 0.2) is 0 Å². The van der Waals surface area contributed by atoms with E-state index in [0.717, 1.165) is 19.0 Å². The molecule has 0 aliphatic carbocycles. The summed E-state index contributed by atoms with van der Waals surface area (Å²) in [6.07, 6.45) is 3.02. The molecular formula is C12H15FN4O. The van der Waals surface area contributed by atoms with E-state index in [2.05, 4.69) is 22.0 Å². The summed E-state index contributed by atoms with van der Waals surface area (Å²) in [5, 5.41) is 3.84. The molecule has 0 aromatic carbocycles. The van der Waals surface area contributed by atoms with E-state index in [-0.39, 0.29) is 5.92 Å². The molecule has 18 heavy (non-hydrogen) atoms. The Bertz CT molecular complexity index is 497. The second-order valence-electron chi connectivity index (χ2n) is 4.04. The van der Waals surface area contributed by atoms with E-state index in [0.29, 0.717) is 24.0 Å². The molecule has 0 aliphatic heterocycles. The van der Waals surface area contributed by atoms with Crippen molar-refractivity contribution in [2.24, 2.45) is 5.73 Å². The van der Waals surface area contributed by atoms with E-state index in [4.69, 9.17) is 10.3 Å². The summed E-state index contributed by atoms with van der Waals surface area (Å²) in [7, 11) is 0. The van der Waals surface area contributed by atoms with E-state index >= 15 is 0 Å². The van der Waals surface area contributed by atoms with Crippen LogP contribution in [0.15, 0.2) is 22.9 Å². The van der Waals surface area contributed by atoms with Crippen molar-refractivity contribution in [3.05, 3.63) is 30.0 Å². The molecule has 0 amide bonds. The van der Waals surface area contributed by atoms with Gasteiger partial charge in [-0.1, -0.05) is 18.5 Å². The maximum atomic E-state index is 12.7. The number of nitrogens with zero attached hydrogens (tertiary/aromatic N) is 3. The fourth-order valence-corrected chi connectivity index (χ4v) is 1.70. The summed E-state index contributed by atoms with van der Waals surface area (Å²) in [5.41, 5.74) is 6.15. The molecule has 1 unspecified atom stereocenters. The van der Waals surface area contributed by atoms with Crippen LogP contribution in [-0.4, -0.2) is 21.7 Å². The van der Waals surface area contributed by atoms with Crippen LogP contribution in [0, 0.1) is 5.82 Å². The second kappa shape index (κ2) is 5.68. The average molecular weight is 250 g/mol. The zero-order chi connectivity index (χ0) is 13.0. The first-order valence-electron chi connectivity index (χ1n) is 5.90. The van der Waals surface area contributed by atoms with Crippen molar-refractivity contribution in [2.45, 2.75) is 25.7 Å². The van der Waals surface area contributed by atoms with Gasteiger partial charge in [0.05, 0.1) is 12.1 Å². The summed E-state index contributed by atoms with van der Waals surface area (Å²) in [6, 6.07) is 2.83. The van der Waals surface area contributed by atoms with Crippen LogP contribution in [0.5, 0.6) is 0 Å². The summed E-state index contributed by atoms with van der Waals surface area (Å²) in [5.74, 6) is 0.546. The molecule has 2 N–H and O–H groups in total. The van der Waals surface area contributed by atoms with Crippen molar-refractivity contribution in [3.63, 3.8) is 0 Å². The minimum atomic E-state index is -0.395. The molecule has 0 aliphatic rings. The summed E-state index contributed by atoms with van der Waals surface area (Å²) in [4.78, 5) is 8.16. The zero-order valence-corrected chi connectivity index (χ0v) is 10.1. The highest BCUT2D eigenvalue weighted by Gasteiger charge is 2.17. The van der Waals surface area contributed by atoms with Crippen LogP contribution in [0.2, 0.25) is 0 Å². The van der Waals surface area contributed by atoms with E-state index in [1.54, 1.807) is 0 Å². The van der Waals surface area contributed by atoms with E-state index < -0.39 is 5.82 Å². The molecular weight excluding hydrogens is 235 g/mol. The van der Waals surface area contributed by atoms with Gasteiger partial charge in [-0.3, -0.25) is 0 Å². The summed E-state index contributed by atoms with van der Waals surface area (Å²) >= 11 is 0. The highest BCUT2D eigenvalue weighted by molar-refractivity contribution is 5.47. The van der Waals surface area contributed by atoms with Gasteiger partial charge >= 0.3 is 0 Å². The third-order valence-electron chi connectivity index (χ3n) is 2.67. The van der Waals surface area contributed by atoms with Crippen molar-refractivity contribution >= 4 is 0 Å². The van der Waals surface area contributed by atoms with Crippen LogP contribution in [-0.2, 0) is 0 Å². The lowest BCUT2D eigenvalue weighted by atomic mass is 10.0. The summed E-state index contributed by atoms with van der Waals surface area (Å²) < 4.78 is 17.9. The highest BCUT2D eigenvalue weighted by atomic mass is 19.1. The third-order valence-corrected chi connectivity index (χ3v) is 2.67. The van der Waals surface area contributed by atoms with Crippen LogP contribution >= 0.6 is 0 Å². The first-order chi connectivity index (χ1) is 8.74. The molecule has 2 rings (SSSR count). The predicted molar refractivity (Wildman–Crippen MR) is 64.2 cm³/mol. The van der Waals surface area contributed by atoms with Crippen molar-refractivity contribution in [1.82, 2.24) is 15.1 Å². The Kier molecular flexibility index (Phi) is 3.99. The van der Waals surface area contributed by atoms with E-state index in [1.165, 1.54) is 12.1 Å². The van der Waals surface area contributed by atoms with Crippen molar-refractivity contribution in [3.8, 4) is 11.5 Å². The van der Waals surface area contributed by atoms with Gasteiger partial charge in [0, 0.05) is 6.54 Å².